The van der Waals surface area contributed by atoms with Crippen LogP contribution in [0.2, 0.25) is 0 Å². The van der Waals surface area contributed by atoms with E-state index >= 15 is 0 Å². The SMILES string of the molecule is C[C@H](Cc1ccccc1F)NC(=O)N1CCCN(C(=O)C2CC2)CC1. The van der Waals surface area contributed by atoms with Gasteiger partial charge < -0.3 is 15.1 Å². The van der Waals surface area contributed by atoms with Crippen molar-refractivity contribution in [2.24, 2.45) is 5.92 Å². The van der Waals surface area contributed by atoms with Gasteiger partial charge in [0.25, 0.3) is 0 Å². The number of rotatable bonds is 4. The van der Waals surface area contributed by atoms with Gasteiger partial charge in [0.15, 0.2) is 0 Å². The van der Waals surface area contributed by atoms with Gasteiger partial charge in [-0.15, -0.1) is 0 Å². The minimum Gasteiger partial charge on any atom is -0.341 e. The summed E-state index contributed by atoms with van der Waals surface area (Å²) in [7, 11) is 0. The molecule has 136 valence electrons. The Labute approximate surface area is 148 Å². The third-order valence-corrected chi connectivity index (χ3v) is 4.88. The second-order valence-electron chi connectivity index (χ2n) is 7.09. The van der Waals surface area contributed by atoms with E-state index in [-0.39, 0.29) is 29.7 Å². The van der Waals surface area contributed by atoms with E-state index in [2.05, 4.69) is 5.32 Å². The number of benzene rings is 1. The summed E-state index contributed by atoms with van der Waals surface area (Å²) in [6.45, 7) is 4.41. The lowest BCUT2D eigenvalue weighted by Crippen LogP contribution is -2.46. The predicted molar refractivity (Wildman–Crippen MR) is 93.6 cm³/mol. The molecule has 3 rings (SSSR count). The molecule has 0 unspecified atom stereocenters. The Bertz CT molecular complexity index is 633. The van der Waals surface area contributed by atoms with Crippen molar-refractivity contribution in [1.82, 2.24) is 15.1 Å². The molecular weight excluding hydrogens is 321 g/mol. The fraction of sp³-hybridized carbons (Fsp3) is 0.579. The zero-order chi connectivity index (χ0) is 17.8. The average molecular weight is 347 g/mol. The lowest BCUT2D eigenvalue weighted by atomic mass is 10.1. The number of nitrogens with one attached hydrogen (secondary N) is 1. The number of hydrogen-bond acceptors (Lipinski definition) is 2. The van der Waals surface area contributed by atoms with Crippen LogP contribution in [0.3, 0.4) is 0 Å². The molecule has 1 saturated carbocycles. The normalized spacial score (nSPS) is 19.3. The highest BCUT2D eigenvalue weighted by molar-refractivity contribution is 5.81. The molecule has 25 heavy (non-hydrogen) atoms. The maximum absolute atomic E-state index is 13.7. The predicted octanol–water partition coefficient (Wildman–Crippen LogP) is 2.41. The van der Waals surface area contributed by atoms with Crippen molar-refractivity contribution in [3.8, 4) is 0 Å². The molecule has 1 atom stereocenters. The molecule has 1 saturated heterocycles. The fourth-order valence-electron chi connectivity index (χ4n) is 3.28. The number of amides is 3. The second kappa shape index (κ2) is 7.85. The molecule has 1 aromatic carbocycles. The zero-order valence-electron chi connectivity index (χ0n) is 14.7. The quantitative estimate of drug-likeness (QED) is 0.909. The highest BCUT2D eigenvalue weighted by Crippen LogP contribution is 2.31. The van der Waals surface area contributed by atoms with Gasteiger partial charge >= 0.3 is 6.03 Å². The maximum atomic E-state index is 13.7. The first kappa shape index (κ1) is 17.7. The lowest BCUT2D eigenvalue weighted by Gasteiger charge is -2.24. The third kappa shape index (κ3) is 4.71. The van der Waals surface area contributed by atoms with Crippen molar-refractivity contribution >= 4 is 11.9 Å². The van der Waals surface area contributed by atoms with Gasteiger partial charge in [-0.05, 0) is 44.2 Å². The number of nitrogens with zero attached hydrogens (tertiary/aromatic N) is 2. The van der Waals surface area contributed by atoms with Crippen molar-refractivity contribution in [2.75, 3.05) is 26.2 Å². The second-order valence-corrected chi connectivity index (χ2v) is 7.09. The third-order valence-electron chi connectivity index (χ3n) is 4.88. The van der Waals surface area contributed by atoms with E-state index in [1.54, 1.807) is 23.1 Å². The van der Waals surface area contributed by atoms with Gasteiger partial charge in [-0.1, -0.05) is 18.2 Å². The molecule has 1 N–H and O–H groups in total. The summed E-state index contributed by atoms with van der Waals surface area (Å²) in [4.78, 5) is 28.3. The first-order chi connectivity index (χ1) is 12.0. The molecular formula is C19H26FN3O2. The van der Waals surface area contributed by atoms with E-state index in [1.165, 1.54) is 6.07 Å². The first-order valence-corrected chi connectivity index (χ1v) is 9.12. The number of urea groups is 1. The van der Waals surface area contributed by atoms with Crippen LogP contribution in [0.5, 0.6) is 0 Å². The minimum absolute atomic E-state index is 0.135. The van der Waals surface area contributed by atoms with Crippen LogP contribution in [0.4, 0.5) is 9.18 Å². The first-order valence-electron chi connectivity index (χ1n) is 9.12. The van der Waals surface area contributed by atoms with Crippen molar-refractivity contribution in [1.29, 1.82) is 0 Å². The lowest BCUT2D eigenvalue weighted by molar-refractivity contribution is -0.132. The Morgan fingerprint density at radius 3 is 2.56 bits per heavy atom. The summed E-state index contributed by atoms with van der Waals surface area (Å²) in [5.41, 5.74) is 0.604. The molecule has 6 heteroatoms. The van der Waals surface area contributed by atoms with Crippen LogP contribution in [0.15, 0.2) is 24.3 Å². The van der Waals surface area contributed by atoms with E-state index in [0.29, 0.717) is 31.6 Å². The smallest absolute Gasteiger partial charge is 0.317 e. The summed E-state index contributed by atoms with van der Waals surface area (Å²) in [5.74, 6) is 0.226. The zero-order valence-corrected chi connectivity index (χ0v) is 14.7. The van der Waals surface area contributed by atoms with Crippen LogP contribution in [0, 0.1) is 11.7 Å². The Balaban J connectivity index is 1.49. The van der Waals surface area contributed by atoms with Crippen LogP contribution < -0.4 is 5.32 Å². The number of carbonyl (C=O) groups is 2. The molecule has 0 spiro atoms. The molecule has 2 aliphatic rings. The molecule has 1 aromatic rings. The monoisotopic (exact) mass is 347 g/mol. The summed E-state index contributed by atoms with van der Waals surface area (Å²) in [6, 6.07) is 6.35. The molecule has 1 heterocycles. The van der Waals surface area contributed by atoms with Gasteiger partial charge in [0.05, 0.1) is 0 Å². The molecule has 1 aliphatic carbocycles. The fourth-order valence-corrected chi connectivity index (χ4v) is 3.28. The van der Waals surface area contributed by atoms with E-state index in [9.17, 15) is 14.0 Å². The molecule has 3 amide bonds. The Hall–Kier alpha value is -2.11. The molecule has 0 radical (unpaired) electrons. The highest BCUT2D eigenvalue weighted by Gasteiger charge is 2.34. The topological polar surface area (TPSA) is 52.7 Å². The summed E-state index contributed by atoms with van der Waals surface area (Å²) in [5, 5.41) is 2.95. The van der Waals surface area contributed by atoms with Gasteiger partial charge in [0.2, 0.25) is 5.91 Å². The number of halogens is 1. The summed E-state index contributed by atoms with van der Waals surface area (Å²) < 4.78 is 13.7. The standard InChI is InChI=1S/C19H26FN3O2/c1-14(13-16-5-2-3-6-17(16)20)21-19(25)23-10-4-9-22(11-12-23)18(24)15-7-8-15/h2-3,5-6,14-15H,4,7-13H2,1H3,(H,21,25)/t14-/m1/s1. The molecule has 5 nitrogen and oxygen atoms in total. The molecule has 2 fully saturated rings. The highest BCUT2D eigenvalue weighted by atomic mass is 19.1. The van der Waals surface area contributed by atoms with Gasteiger partial charge in [0, 0.05) is 38.1 Å². The van der Waals surface area contributed by atoms with Crippen LogP contribution in [-0.4, -0.2) is 54.0 Å². The van der Waals surface area contributed by atoms with Crippen LogP contribution in [0.25, 0.3) is 0 Å². The van der Waals surface area contributed by atoms with E-state index in [1.807, 2.05) is 11.8 Å². The Morgan fingerprint density at radius 1 is 1.16 bits per heavy atom. The van der Waals surface area contributed by atoms with Crippen LogP contribution in [-0.2, 0) is 11.2 Å². The summed E-state index contributed by atoms with van der Waals surface area (Å²) in [6.07, 6.45) is 3.27. The van der Waals surface area contributed by atoms with Gasteiger partial charge in [-0.2, -0.15) is 0 Å². The van der Waals surface area contributed by atoms with Crippen molar-refractivity contribution in [3.05, 3.63) is 35.6 Å². The maximum Gasteiger partial charge on any atom is 0.317 e. The van der Waals surface area contributed by atoms with Crippen molar-refractivity contribution in [3.63, 3.8) is 0 Å². The number of carbonyl (C=O) groups excluding carboxylic acids is 2. The van der Waals surface area contributed by atoms with Crippen molar-refractivity contribution in [2.45, 2.75) is 38.6 Å². The van der Waals surface area contributed by atoms with E-state index in [0.717, 1.165) is 25.8 Å². The van der Waals surface area contributed by atoms with E-state index in [4.69, 9.17) is 0 Å². The Morgan fingerprint density at radius 2 is 1.84 bits per heavy atom. The van der Waals surface area contributed by atoms with Gasteiger partial charge in [-0.25, -0.2) is 9.18 Å². The van der Waals surface area contributed by atoms with Crippen LogP contribution in [0.1, 0.15) is 31.7 Å². The summed E-state index contributed by atoms with van der Waals surface area (Å²) >= 11 is 0. The molecule has 1 aliphatic heterocycles. The average Bonchev–Trinajstić information content (AvgIpc) is 3.43. The largest absolute Gasteiger partial charge is 0.341 e. The van der Waals surface area contributed by atoms with Gasteiger partial charge in [-0.3, -0.25) is 4.79 Å². The Kier molecular flexibility index (Phi) is 5.56. The van der Waals surface area contributed by atoms with Gasteiger partial charge in [0.1, 0.15) is 5.82 Å². The minimum atomic E-state index is -0.243. The molecule has 0 bridgehead atoms. The van der Waals surface area contributed by atoms with E-state index < -0.39 is 0 Å². The van der Waals surface area contributed by atoms with Crippen LogP contribution >= 0.6 is 0 Å². The van der Waals surface area contributed by atoms with Crippen molar-refractivity contribution < 1.29 is 14.0 Å². The molecule has 0 aromatic heterocycles. The number of hydrogen-bond donors (Lipinski definition) is 1.